The second kappa shape index (κ2) is 8.40. The van der Waals surface area contributed by atoms with Crippen molar-refractivity contribution in [3.63, 3.8) is 0 Å². The van der Waals surface area contributed by atoms with Gasteiger partial charge in [-0.25, -0.2) is 4.79 Å². The van der Waals surface area contributed by atoms with Gasteiger partial charge in [-0.1, -0.05) is 48.5 Å². The Morgan fingerprint density at radius 2 is 1.75 bits per heavy atom. The first kappa shape index (κ1) is 18.4. The lowest BCUT2D eigenvalue weighted by Gasteiger charge is -2.31. The number of rotatable bonds is 5. The van der Waals surface area contributed by atoms with Gasteiger partial charge in [-0.3, -0.25) is 4.79 Å². The van der Waals surface area contributed by atoms with E-state index in [4.69, 9.17) is 9.15 Å². The fourth-order valence-corrected chi connectivity index (χ4v) is 3.60. The van der Waals surface area contributed by atoms with Crippen LogP contribution in [0.4, 0.5) is 0 Å². The fourth-order valence-electron chi connectivity index (χ4n) is 3.60. The van der Waals surface area contributed by atoms with E-state index in [2.05, 4.69) is 12.1 Å². The van der Waals surface area contributed by atoms with E-state index in [1.807, 2.05) is 30.3 Å². The molecule has 1 aliphatic rings. The van der Waals surface area contributed by atoms with E-state index in [0.717, 1.165) is 23.8 Å². The molecule has 0 atom stereocenters. The summed E-state index contributed by atoms with van der Waals surface area (Å²) in [4.78, 5) is 26.8. The zero-order valence-electron chi connectivity index (χ0n) is 15.7. The second-order valence-corrected chi connectivity index (χ2v) is 7.22. The molecule has 0 saturated carbocycles. The Morgan fingerprint density at radius 1 is 1.04 bits per heavy atom. The van der Waals surface area contributed by atoms with E-state index in [-0.39, 0.29) is 11.5 Å². The molecule has 3 aromatic rings. The van der Waals surface area contributed by atoms with Gasteiger partial charge >= 0.3 is 5.63 Å². The van der Waals surface area contributed by atoms with Crippen molar-refractivity contribution in [2.45, 2.75) is 19.4 Å². The minimum atomic E-state index is -0.572. The molecule has 0 bridgehead atoms. The molecule has 1 amide bonds. The maximum atomic E-state index is 12.8. The number of carbonyl (C=O) groups is 1. The van der Waals surface area contributed by atoms with Crippen LogP contribution in [0.1, 0.15) is 28.8 Å². The molecule has 1 aliphatic heterocycles. The van der Waals surface area contributed by atoms with Crippen molar-refractivity contribution in [2.75, 3.05) is 19.7 Å². The van der Waals surface area contributed by atoms with Crippen LogP contribution in [0.3, 0.4) is 0 Å². The van der Waals surface area contributed by atoms with Gasteiger partial charge in [0, 0.05) is 25.1 Å². The molecule has 144 valence electrons. The van der Waals surface area contributed by atoms with Gasteiger partial charge in [-0.15, -0.1) is 0 Å². The molecule has 5 heteroatoms. The molecule has 0 unspecified atom stereocenters. The van der Waals surface area contributed by atoms with Crippen molar-refractivity contribution in [3.05, 3.63) is 82.2 Å². The SMILES string of the molecule is O=C(c1cc2ccccc2oc1=O)N1CCC(COCc2ccccc2)CC1. The minimum Gasteiger partial charge on any atom is -0.422 e. The third-order valence-electron chi connectivity index (χ3n) is 5.24. The maximum Gasteiger partial charge on any atom is 0.349 e. The lowest BCUT2D eigenvalue weighted by Crippen LogP contribution is -2.41. The molecule has 2 aromatic carbocycles. The average Bonchev–Trinajstić information content (AvgIpc) is 2.74. The second-order valence-electron chi connectivity index (χ2n) is 7.22. The number of amides is 1. The molecule has 0 aliphatic carbocycles. The molecule has 28 heavy (non-hydrogen) atoms. The summed E-state index contributed by atoms with van der Waals surface area (Å²) in [7, 11) is 0. The molecule has 1 saturated heterocycles. The Kier molecular flexibility index (Phi) is 5.53. The highest BCUT2D eigenvalue weighted by molar-refractivity contribution is 5.96. The number of para-hydroxylation sites is 1. The molecule has 0 radical (unpaired) electrons. The van der Waals surface area contributed by atoms with E-state index in [0.29, 0.717) is 37.8 Å². The van der Waals surface area contributed by atoms with E-state index in [1.54, 1.807) is 23.1 Å². The third-order valence-corrected chi connectivity index (χ3v) is 5.24. The lowest BCUT2D eigenvalue weighted by atomic mass is 9.97. The molecule has 0 spiro atoms. The van der Waals surface area contributed by atoms with Gasteiger partial charge in [-0.2, -0.15) is 0 Å². The van der Waals surface area contributed by atoms with Gasteiger partial charge in [0.2, 0.25) is 0 Å². The van der Waals surface area contributed by atoms with Crippen molar-refractivity contribution >= 4 is 16.9 Å². The van der Waals surface area contributed by atoms with Crippen LogP contribution in [0.25, 0.3) is 11.0 Å². The number of benzene rings is 2. The average molecular weight is 377 g/mol. The molecular formula is C23H23NO4. The van der Waals surface area contributed by atoms with Gasteiger partial charge < -0.3 is 14.1 Å². The Labute approximate surface area is 163 Å². The highest BCUT2D eigenvalue weighted by Crippen LogP contribution is 2.20. The number of fused-ring (bicyclic) bond motifs is 1. The zero-order chi connectivity index (χ0) is 19.3. The molecule has 2 heterocycles. The topological polar surface area (TPSA) is 59.8 Å². The van der Waals surface area contributed by atoms with E-state index in [9.17, 15) is 9.59 Å². The van der Waals surface area contributed by atoms with E-state index < -0.39 is 5.63 Å². The summed E-state index contributed by atoms with van der Waals surface area (Å²) >= 11 is 0. The van der Waals surface area contributed by atoms with Crippen molar-refractivity contribution in [1.82, 2.24) is 4.90 Å². The fraction of sp³-hybridized carbons (Fsp3) is 0.304. The van der Waals surface area contributed by atoms with Gasteiger partial charge in [0.1, 0.15) is 11.1 Å². The van der Waals surface area contributed by atoms with Gasteiger partial charge in [0.05, 0.1) is 6.61 Å². The molecule has 1 fully saturated rings. The number of likely N-dealkylation sites (tertiary alicyclic amines) is 1. The Bertz CT molecular complexity index is 1000. The first-order valence-corrected chi connectivity index (χ1v) is 9.64. The number of carbonyl (C=O) groups excluding carboxylic acids is 1. The van der Waals surface area contributed by atoms with E-state index >= 15 is 0 Å². The van der Waals surface area contributed by atoms with Crippen LogP contribution >= 0.6 is 0 Å². The molecule has 5 nitrogen and oxygen atoms in total. The summed E-state index contributed by atoms with van der Waals surface area (Å²) < 4.78 is 11.1. The largest absolute Gasteiger partial charge is 0.422 e. The molecule has 1 aromatic heterocycles. The number of hydrogen-bond acceptors (Lipinski definition) is 4. The quantitative estimate of drug-likeness (QED) is 0.634. The van der Waals surface area contributed by atoms with E-state index in [1.165, 1.54) is 0 Å². The van der Waals surface area contributed by atoms with Crippen molar-refractivity contribution < 1.29 is 13.9 Å². The smallest absolute Gasteiger partial charge is 0.349 e. The standard InChI is InChI=1S/C23H23NO4/c25-22(20-14-19-8-4-5-9-21(19)28-23(20)26)24-12-10-18(11-13-24)16-27-15-17-6-2-1-3-7-17/h1-9,14,18H,10-13,15-16H2. The van der Waals surface area contributed by atoms with Gasteiger partial charge in [0.25, 0.3) is 5.91 Å². The first-order chi connectivity index (χ1) is 13.7. The number of nitrogens with zero attached hydrogens (tertiary/aromatic N) is 1. The van der Waals surface area contributed by atoms with Crippen LogP contribution in [0.2, 0.25) is 0 Å². The number of hydrogen-bond donors (Lipinski definition) is 0. The first-order valence-electron chi connectivity index (χ1n) is 9.64. The van der Waals surface area contributed by atoms with Gasteiger partial charge in [0.15, 0.2) is 0 Å². The summed E-state index contributed by atoms with van der Waals surface area (Å²) in [5, 5.41) is 0.759. The van der Waals surface area contributed by atoms with Crippen LogP contribution in [-0.2, 0) is 11.3 Å². The van der Waals surface area contributed by atoms with Crippen LogP contribution in [0.5, 0.6) is 0 Å². The monoisotopic (exact) mass is 377 g/mol. The minimum absolute atomic E-state index is 0.109. The molecule has 0 N–H and O–H groups in total. The Morgan fingerprint density at radius 3 is 2.54 bits per heavy atom. The Hall–Kier alpha value is -2.92. The summed E-state index contributed by atoms with van der Waals surface area (Å²) in [6, 6.07) is 19.0. The number of piperidine rings is 1. The summed E-state index contributed by atoms with van der Waals surface area (Å²) in [6.07, 6.45) is 1.75. The zero-order valence-corrected chi connectivity index (χ0v) is 15.7. The van der Waals surface area contributed by atoms with Crippen molar-refractivity contribution in [1.29, 1.82) is 0 Å². The third kappa shape index (κ3) is 4.15. The maximum absolute atomic E-state index is 12.8. The summed E-state index contributed by atoms with van der Waals surface area (Å²) in [6.45, 7) is 2.56. The van der Waals surface area contributed by atoms with Crippen molar-refractivity contribution in [2.24, 2.45) is 5.92 Å². The van der Waals surface area contributed by atoms with Crippen LogP contribution in [0, 0.1) is 5.92 Å². The highest BCUT2D eigenvalue weighted by atomic mass is 16.5. The normalized spacial score (nSPS) is 15.1. The van der Waals surface area contributed by atoms with Gasteiger partial charge in [-0.05, 0) is 36.5 Å². The molecule has 4 rings (SSSR count). The molecular weight excluding hydrogens is 354 g/mol. The summed E-state index contributed by atoms with van der Waals surface area (Å²) in [5.74, 6) is 0.184. The predicted octanol–water partition coefficient (Wildman–Crippen LogP) is 3.86. The van der Waals surface area contributed by atoms with Crippen molar-refractivity contribution in [3.8, 4) is 0 Å². The number of ether oxygens (including phenoxy) is 1. The lowest BCUT2D eigenvalue weighted by molar-refractivity contribution is 0.0476. The Balaban J connectivity index is 1.33. The van der Waals surface area contributed by atoms with Crippen LogP contribution in [0.15, 0.2) is 69.9 Å². The van der Waals surface area contributed by atoms with Crippen LogP contribution in [-0.4, -0.2) is 30.5 Å². The predicted molar refractivity (Wildman–Crippen MR) is 107 cm³/mol. The van der Waals surface area contributed by atoms with Crippen LogP contribution < -0.4 is 5.63 Å². The summed E-state index contributed by atoms with van der Waals surface area (Å²) in [5.41, 5.74) is 1.20. The highest BCUT2D eigenvalue weighted by Gasteiger charge is 2.26.